The van der Waals surface area contributed by atoms with Crippen molar-refractivity contribution in [2.75, 3.05) is 0 Å². The van der Waals surface area contributed by atoms with Crippen LogP contribution < -0.4 is 0 Å². The number of halogens is 3. The van der Waals surface area contributed by atoms with Gasteiger partial charge in [-0.3, -0.25) is 0 Å². The van der Waals surface area contributed by atoms with Gasteiger partial charge < -0.3 is 0 Å². The Morgan fingerprint density at radius 1 is 1.50 bits per heavy atom. The minimum atomic E-state index is -1.76. The summed E-state index contributed by atoms with van der Waals surface area (Å²) in [6.45, 7) is 2.14. The molecule has 0 spiro atoms. The molecule has 0 rings (SSSR count). The van der Waals surface area contributed by atoms with E-state index in [4.69, 9.17) is 22.2 Å². The molecule has 0 unspecified atom stereocenters. The fraction of sp³-hybridized carbons (Fsp3) is 1.00. The van der Waals surface area contributed by atoms with Gasteiger partial charge in [-0.15, -0.1) is 22.2 Å². The quantitative estimate of drug-likeness (QED) is 0.421. The number of hydrogen-bond acceptors (Lipinski definition) is 0. The van der Waals surface area contributed by atoms with E-state index in [-0.39, 0.29) is 0 Å². The highest BCUT2D eigenvalue weighted by molar-refractivity contribution is 14.1. The Morgan fingerprint density at radius 3 is 2.12 bits per heavy atom. The lowest BCUT2D eigenvalue weighted by Crippen LogP contribution is -2.05. The van der Waals surface area contributed by atoms with Crippen LogP contribution >= 0.6 is 44.0 Å². The number of unbranched alkanes of at least 4 members (excludes halogenated alkanes) is 1. The van der Waals surface area contributed by atoms with E-state index in [1.165, 1.54) is 12.8 Å². The molecule has 0 aromatic heterocycles. The van der Waals surface area contributed by atoms with E-state index in [9.17, 15) is 0 Å². The molecular weight excluding hydrogens is 274 g/mol. The average Bonchev–Trinajstić information content (AvgIpc) is 1.59. The van der Waals surface area contributed by atoms with E-state index in [0.717, 1.165) is 6.04 Å². The molecule has 0 bridgehead atoms. The Bertz CT molecular complexity index is 61.5. The van der Waals surface area contributed by atoms with Crippen LogP contribution in [0, 0.1) is 0 Å². The Hall–Kier alpha value is 1.53. The molecule has 0 nitrogen and oxygen atoms in total. The maximum Gasteiger partial charge on any atom is 0.312 e. The zero-order chi connectivity index (χ0) is 6.62. The van der Waals surface area contributed by atoms with Crippen LogP contribution in [0.25, 0.3) is 0 Å². The molecule has 0 aromatic carbocycles. The van der Waals surface area contributed by atoms with Crippen LogP contribution in [0.2, 0.25) is 6.04 Å². The third kappa shape index (κ3) is 7.53. The molecule has 50 valence electrons. The van der Waals surface area contributed by atoms with Crippen LogP contribution in [-0.2, 0) is 0 Å². The summed E-state index contributed by atoms with van der Waals surface area (Å²) in [7, 11) is 0. The first-order valence-electron chi connectivity index (χ1n) is 2.63. The third-order valence-corrected chi connectivity index (χ3v) is 4.49. The minimum absolute atomic E-state index is 1.02. The molecule has 0 aromatic rings. The fourth-order valence-corrected chi connectivity index (χ4v) is 3.08. The molecule has 0 saturated heterocycles. The molecule has 0 radical (unpaired) electrons. The number of rotatable bonds is 3. The van der Waals surface area contributed by atoms with E-state index >= 15 is 0 Å². The van der Waals surface area contributed by atoms with Gasteiger partial charge in [0.2, 0.25) is 0 Å². The second-order valence-corrected chi connectivity index (χ2v) is 17.3. The lowest BCUT2D eigenvalue weighted by molar-refractivity contribution is 0.880. The summed E-state index contributed by atoms with van der Waals surface area (Å²) in [6, 6.07) is 1.02. The molecule has 0 N–H and O–H groups in total. The fourth-order valence-electron chi connectivity index (χ4n) is 0.377. The molecule has 0 aliphatic rings. The predicted octanol–water partition coefficient (Wildman–Crippen LogP) is 3.64. The maximum atomic E-state index is 5.80. The Kier molecular flexibility index (Phi) is 5.19. The van der Waals surface area contributed by atoms with Crippen molar-refractivity contribution in [2.24, 2.45) is 0 Å². The van der Waals surface area contributed by atoms with Gasteiger partial charge >= 0.3 is 4.19 Å². The smallest absolute Gasteiger partial charge is 0.132 e. The Labute approximate surface area is 73.6 Å². The highest BCUT2D eigenvalue weighted by Gasteiger charge is 2.21. The van der Waals surface area contributed by atoms with Crippen molar-refractivity contribution < 1.29 is 0 Å². The summed E-state index contributed by atoms with van der Waals surface area (Å²) >= 11 is 13.8. The highest BCUT2D eigenvalue weighted by Crippen LogP contribution is 2.29. The normalized spacial score (nSPS) is 12.0. The first-order chi connectivity index (χ1) is 3.56. The molecule has 8 heavy (non-hydrogen) atoms. The molecular formula is C4H9Cl2ISi. The zero-order valence-corrected chi connectivity index (χ0v) is 9.42. The highest BCUT2D eigenvalue weighted by atomic mass is 127. The topological polar surface area (TPSA) is 0 Å². The largest absolute Gasteiger partial charge is 0.312 e. The first kappa shape index (κ1) is 9.53. The van der Waals surface area contributed by atoms with Crippen molar-refractivity contribution in [3.05, 3.63) is 0 Å². The van der Waals surface area contributed by atoms with E-state index in [0.29, 0.717) is 0 Å². The SMILES string of the molecule is CCCC[Si](Cl)(Cl)I. The molecule has 0 atom stereocenters. The van der Waals surface area contributed by atoms with Gasteiger partial charge in [0.05, 0.1) is 0 Å². The molecule has 0 fully saturated rings. The predicted molar refractivity (Wildman–Crippen MR) is 51.2 cm³/mol. The van der Waals surface area contributed by atoms with Gasteiger partial charge in [-0.2, -0.15) is 0 Å². The lowest BCUT2D eigenvalue weighted by atomic mass is 10.4. The number of hydrogen-bond donors (Lipinski definition) is 0. The van der Waals surface area contributed by atoms with E-state index < -0.39 is 4.19 Å². The van der Waals surface area contributed by atoms with Crippen LogP contribution in [0.1, 0.15) is 19.8 Å². The molecule has 0 aliphatic carbocycles. The van der Waals surface area contributed by atoms with Gasteiger partial charge in [0.15, 0.2) is 0 Å². The molecule has 0 saturated carbocycles. The van der Waals surface area contributed by atoms with Gasteiger partial charge in [0.1, 0.15) is 0 Å². The van der Waals surface area contributed by atoms with Crippen molar-refractivity contribution in [1.29, 1.82) is 0 Å². The van der Waals surface area contributed by atoms with Gasteiger partial charge in [-0.1, -0.05) is 41.6 Å². The minimum Gasteiger partial charge on any atom is -0.132 e. The second-order valence-electron chi connectivity index (χ2n) is 1.72. The summed E-state index contributed by atoms with van der Waals surface area (Å²) < 4.78 is -1.76. The van der Waals surface area contributed by atoms with Gasteiger partial charge in [0.25, 0.3) is 0 Å². The molecule has 4 heteroatoms. The Balaban J connectivity index is 3.11. The molecule has 0 aliphatic heterocycles. The lowest BCUT2D eigenvalue weighted by Gasteiger charge is -2.04. The van der Waals surface area contributed by atoms with Crippen LogP contribution in [-0.4, -0.2) is 4.19 Å². The standard InChI is InChI=1S/C4H9Cl2ISi/c1-2-3-4-8(5,6)7/h2-4H2,1H3. The Morgan fingerprint density at radius 2 is 2.00 bits per heavy atom. The van der Waals surface area contributed by atoms with Gasteiger partial charge in [-0.25, -0.2) is 0 Å². The summed E-state index contributed by atoms with van der Waals surface area (Å²) in [5.41, 5.74) is 0. The van der Waals surface area contributed by atoms with Crippen LogP contribution in [0.4, 0.5) is 0 Å². The summed E-state index contributed by atoms with van der Waals surface area (Å²) in [5, 5.41) is 0. The van der Waals surface area contributed by atoms with Crippen LogP contribution in [0.3, 0.4) is 0 Å². The van der Waals surface area contributed by atoms with E-state index in [2.05, 4.69) is 28.7 Å². The summed E-state index contributed by atoms with van der Waals surface area (Å²) in [5.74, 6) is 0. The van der Waals surface area contributed by atoms with Crippen molar-refractivity contribution >= 4 is 48.1 Å². The van der Waals surface area contributed by atoms with Crippen molar-refractivity contribution in [1.82, 2.24) is 0 Å². The van der Waals surface area contributed by atoms with Crippen molar-refractivity contribution in [2.45, 2.75) is 25.8 Å². The van der Waals surface area contributed by atoms with E-state index in [1.54, 1.807) is 0 Å². The van der Waals surface area contributed by atoms with Gasteiger partial charge in [0, 0.05) is 0 Å². The third-order valence-electron chi connectivity index (χ3n) is 0.814. The monoisotopic (exact) mass is 282 g/mol. The van der Waals surface area contributed by atoms with Crippen LogP contribution in [0.5, 0.6) is 0 Å². The zero-order valence-electron chi connectivity index (χ0n) is 4.76. The van der Waals surface area contributed by atoms with Crippen LogP contribution in [0.15, 0.2) is 0 Å². The summed E-state index contributed by atoms with van der Waals surface area (Å²) in [6.07, 6.45) is 2.36. The average molecular weight is 283 g/mol. The van der Waals surface area contributed by atoms with Crippen molar-refractivity contribution in [3.8, 4) is 0 Å². The molecule has 0 amide bonds. The van der Waals surface area contributed by atoms with Crippen molar-refractivity contribution in [3.63, 3.8) is 0 Å². The second kappa shape index (κ2) is 4.36. The molecule has 0 heterocycles. The first-order valence-corrected chi connectivity index (χ1v) is 9.97. The van der Waals surface area contributed by atoms with Gasteiger partial charge in [-0.05, 0) is 6.04 Å². The summed E-state index contributed by atoms with van der Waals surface area (Å²) in [4.78, 5) is 0. The van der Waals surface area contributed by atoms with E-state index in [1.807, 2.05) is 0 Å². The maximum absolute atomic E-state index is 5.80.